The molecule has 1 saturated heterocycles. The van der Waals surface area contributed by atoms with Gasteiger partial charge < -0.3 is 15.5 Å². The molecule has 0 saturated carbocycles. The van der Waals surface area contributed by atoms with Gasteiger partial charge in [-0.15, -0.1) is 0 Å². The molecule has 1 aromatic rings. The molecule has 7 heteroatoms. The molecule has 2 N–H and O–H groups in total. The van der Waals surface area contributed by atoms with Crippen molar-refractivity contribution in [1.82, 2.24) is 9.88 Å². The largest absolute Gasteiger partial charge is 0.372 e. The molecule has 0 radical (unpaired) electrons. The molecule has 0 aliphatic carbocycles. The summed E-state index contributed by atoms with van der Waals surface area (Å²) in [6.45, 7) is 2.26. The van der Waals surface area contributed by atoms with Crippen molar-refractivity contribution in [2.24, 2.45) is 0 Å². The Bertz CT molecular complexity index is 490. The van der Waals surface area contributed by atoms with Crippen LogP contribution in [0.25, 0.3) is 0 Å². The number of aromatic nitrogens is 1. The molecule has 0 bridgehead atoms. The number of hydrogen-bond donors (Lipinski definition) is 2. The van der Waals surface area contributed by atoms with E-state index < -0.39 is 0 Å². The van der Waals surface area contributed by atoms with E-state index in [-0.39, 0.29) is 5.91 Å². The van der Waals surface area contributed by atoms with Crippen molar-refractivity contribution in [2.45, 2.75) is 19.3 Å². The van der Waals surface area contributed by atoms with Gasteiger partial charge in [-0.3, -0.25) is 4.79 Å². The molecule has 1 aliphatic heterocycles. The zero-order valence-corrected chi connectivity index (χ0v) is 12.9. The molecule has 20 heavy (non-hydrogen) atoms. The van der Waals surface area contributed by atoms with Crippen molar-refractivity contribution in [2.75, 3.05) is 37.3 Å². The van der Waals surface area contributed by atoms with Gasteiger partial charge in [0.15, 0.2) is 0 Å². The Hall–Kier alpha value is -1.20. The Kier molecular flexibility index (Phi) is 5.31. The predicted octanol–water partition coefficient (Wildman–Crippen LogP) is 2.85. The maximum absolute atomic E-state index is 11.9. The second-order valence-corrected chi connectivity index (χ2v) is 5.48. The van der Waals surface area contributed by atoms with E-state index in [9.17, 15) is 4.79 Å². The minimum absolute atomic E-state index is 0.175. The van der Waals surface area contributed by atoms with E-state index in [0.29, 0.717) is 34.6 Å². The first kappa shape index (κ1) is 15.2. The van der Waals surface area contributed by atoms with Gasteiger partial charge >= 0.3 is 0 Å². The number of hydrogen-bond acceptors (Lipinski definition) is 4. The third-order valence-corrected chi connectivity index (χ3v) is 3.83. The van der Waals surface area contributed by atoms with Crippen LogP contribution >= 0.6 is 23.2 Å². The van der Waals surface area contributed by atoms with Crippen LogP contribution in [0.1, 0.15) is 19.3 Å². The maximum atomic E-state index is 11.9. The highest BCUT2D eigenvalue weighted by atomic mass is 35.5. The quantitative estimate of drug-likeness (QED) is 0.877. The average Bonchev–Trinajstić information content (AvgIpc) is 2.95. The fourth-order valence-electron chi connectivity index (χ4n) is 2.18. The summed E-state index contributed by atoms with van der Waals surface area (Å²) >= 11 is 12.0. The van der Waals surface area contributed by atoms with E-state index in [1.165, 1.54) is 0 Å². The molecule has 110 valence electrons. The van der Waals surface area contributed by atoms with Crippen LogP contribution < -0.4 is 10.6 Å². The van der Waals surface area contributed by atoms with Gasteiger partial charge in [0, 0.05) is 33.1 Å². The van der Waals surface area contributed by atoms with Gasteiger partial charge in [0.05, 0.1) is 10.0 Å². The summed E-state index contributed by atoms with van der Waals surface area (Å²) in [5, 5.41) is 6.89. The summed E-state index contributed by atoms with van der Waals surface area (Å²) in [6.07, 6.45) is 2.65. The Balaban J connectivity index is 1.88. The summed E-state index contributed by atoms with van der Waals surface area (Å²) in [7, 11) is 1.74. The highest BCUT2D eigenvalue weighted by molar-refractivity contribution is 6.37. The molecular weight excluding hydrogens is 299 g/mol. The van der Waals surface area contributed by atoms with Gasteiger partial charge in [-0.2, -0.15) is 0 Å². The normalized spacial score (nSPS) is 14.4. The highest BCUT2D eigenvalue weighted by Gasteiger charge is 2.17. The number of amides is 1. The van der Waals surface area contributed by atoms with E-state index in [0.717, 1.165) is 25.9 Å². The third kappa shape index (κ3) is 3.67. The van der Waals surface area contributed by atoms with Crippen LogP contribution in [0.3, 0.4) is 0 Å². The zero-order chi connectivity index (χ0) is 14.5. The molecule has 2 heterocycles. The second kappa shape index (κ2) is 6.99. The molecule has 1 amide bonds. The Labute approximate surface area is 128 Å². The summed E-state index contributed by atoms with van der Waals surface area (Å²) in [5.41, 5.74) is 0. The van der Waals surface area contributed by atoms with Crippen LogP contribution in [-0.2, 0) is 4.79 Å². The summed E-state index contributed by atoms with van der Waals surface area (Å²) in [4.78, 5) is 18.1. The minimum Gasteiger partial charge on any atom is -0.372 e. The SMILES string of the molecule is CNc1nc(NCCC(=O)N2CCCC2)c(Cl)cc1Cl. The number of carbonyl (C=O) groups is 1. The van der Waals surface area contributed by atoms with Gasteiger partial charge in [0.1, 0.15) is 11.6 Å². The zero-order valence-electron chi connectivity index (χ0n) is 11.4. The first-order valence-corrected chi connectivity index (χ1v) is 7.43. The fourth-order valence-corrected chi connectivity index (χ4v) is 2.70. The minimum atomic E-state index is 0.175. The van der Waals surface area contributed by atoms with Crippen LogP contribution in [0.5, 0.6) is 0 Å². The Morgan fingerprint density at radius 3 is 2.60 bits per heavy atom. The molecular formula is C13H18Cl2N4O. The Morgan fingerprint density at radius 2 is 1.95 bits per heavy atom. The van der Waals surface area contributed by atoms with Gasteiger partial charge in [-0.1, -0.05) is 23.2 Å². The van der Waals surface area contributed by atoms with Crippen molar-refractivity contribution in [3.8, 4) is 0 Å². The van der Waals surface area contributed by atoms with E-state index in [1.54, 1.807) is 13.1 Å². The van der Waals surface area contributed by atoms with E-state index >= 15 is 0 Å². The number of likely N-dealkylation sites (tertiary alicyclic amines) is 1. The van der Waals surface area contributed by atoms with Crippen molar-refractivity contribution < 1.29 is 4.79 Å². The number of carbonyl (C=O) groups excluding carboxylic acids is 1. The third-order valence-electron chi connectivity index (χ3n) is 3.26. The topological polar surface area (TPSA) is 57.3 Å². The molecule has 0 atom stereocenters. The number of halogens is 2. The van der Waals surface area contributed by atoms with Crippen molar-refractivity contribution in [3.05, 3.63) is 16.1 Å². The lowest BCUT2D eigenvalue weighted by Gasteiger charge is -2.16. The van der Waals surface area contributed by atoms with Crippen LogP contribution in [0, 0.1) is 0 Å². The monoisotopic (exact) mass is 316 g/mol. The van der Waals surface area contributed by atoms with Crippen molar-refractivity contribution in [1.29, 1.82) is 0 Å². The second-order valence-electron chi connectivity index (χ2n) is 4.66. The number of nitrogens with zero attached hydrogens (tertiary/aromatic N) is 2. The average molecular weight is 317 g/mol. The molecule has 5 nitrogen and oxygen atoms in total. The lowest BCUT2D eigenvalue weighted by atomic mass is 10.3. The molecule has 1 aliphatic rings. The van der Waals surface area contributed by atoms with Crippen LogP contribution in [0.2, 0.25) is 10.0 Å². The lowest BCUT2D eigenvalue weighted by Crippen LogP contribution is -2.29. The van der Waals surface area contributed by atoms with Crippen LogP contribution in [0.15, 0.2) is 6.07 Å². The fraction of sp³-hybridized carbons (Fsp3) is 0.538. The van der Waals surface area contributed by atoms with Gasteiger partial charge in [0.2, 0.25) is 5.91 Å². The van der Waals surface area contributed by atoms with Gasteiger partial charge in [-0.25, -0.2) is 4.98 Å². The Morgan fingerprint density at radius 1 is 1.30 bits per heavy atom. The van der Waals surface area contributed by atoms with Crippen LogP contribution in [0.4, 0.5) is 11.6 Å². The van der Waals surface area contributed by atoms with E-state index in [2.05, 4.69) is 15.6 Å². The summed E-state index contributed by atoms with van der Waals surface area (Å²) in [5.74, 6) is 1.27. The van der Waals surface area contributed by atoms with Gasteiger partial charge in [-0.05, 0) is 18.9 Å². The number of rotatable bonds is 5. The van der Waals surface area contributed by atoms with E-state index in [1.807, 2.05) is 4.90 Å². The number of anilines is 2. The molecule has 2 rings (SSSR count). The standard InChI is InChI=1S/C13H18Cl2N4O/c1-16-12-9(14)8-10(15)13(18-12)17-5-4-11(20)19-6-2-3-7-19/h8H,2-7H2,1H3,(H2,16,17,18). The number of pyridine rings is 1. The maximum Gasteiger partial charge on any atom is 0.224 e. The van der Waals surface area contributed by atoms with E-state index in [4.69, 9.17) is 23.2 Å². The van der Waals surface area contributed by atoms with Crippen molar-refractivity contribution in [3.63, 3.8) is 0 Å². The van der Waals surface area contributed by atoms with Crippen molar-refractivity contribution >= 4 is 40.7 Å². The summed E-state index contributed by atoms with van der Waals surface area (Å²) in [6, 6.07) is 1.63. The first-order chi connectivity index (χ1) is 9.61. The predicted molar refractivity (Wildman–Crippen MR) is 82.7 cm³/mol. The first-order valence-electron chi connectivity index (χ1n) is 6.67. The lowest BCUT2D eigenvalue weighted by molar-refractivity contribution is -0.129. The molecule has 0 spiro atoms. The highest BCUT2D eigenvalue weighted by Crippen LogP contribution is 2.28. The molecule has 1 fully saturated rings. The molecule has 1 aromatic heterocycles. The molecule has 0 unspecified atom stereocenters. The number of nitrogens with one attached hydrogen (secondary N) is 2. The molecule has 0 aromatic carbocycles. The smallest absolute Gasteiger partial charge is 0.224 e. The summed E-state index contributed by atoms with van der Waals surface area (Å²) < 4.78 is 0. The van der Waals surface area contributed by atoms with Crippen LogP contribution in [-0.4, -0.2) is 42.5 Å². The van der Waals surface area contributed by atoms with Gasteiger partial charge in [0.25, 0.3) is 0 Å².